The topological polar surface area (TPSA) is 81.5 Å². The summed E-state index contributed by atoms with van der Waals surface area (Å²) < 4.78 is 0. The Morgan fingerprint density at radius 2 is 2.00 bits per heavy atom. The summed E-state index contributed by atoms with van der Waals surface area (Å²) in [7, 11) is 0. The molecule has 0 bridgehead atoms. The van der Waals surface area contributed by atoms with E-state index in [4.69, 9.17) is 0 Å². The van der Waals surface area contributed by atoms with Crippen LogP contribution in [0.2, 0.25) is 0 Å². The van der Waals surface area contributed by atoms with Gasteiger partial charge in [0.05, 0.1) is 12.2 Å². The van der Waals surface area contributed by atoms with Crippen molar-refractivity contribution in [1.29, 1.82) is 0 Å². The number of aliphatic hydroxyl groups is 2. The van der Waals surface area contributed by atoms with Crippen LogP contribution in [0.5, 0.6) is 0 Å². The molecule has 2 heterocycles. The van der Waals surface area contributed by atoms with Gasteiger partial charge in [-0.15, -0.1) is 0 Å². The van der Waals surface area contributed by atoms with Crippen molar-refractivity contribution in [3.8, 4) is 0 Å². The second kappa shape index (κ2) is 7.21. The Bertz CT molecular complexity index is 786. The zero-order chi connectivity index (χ0) is 18.9. The summed E-state index contributed by atoms with van der Waals surface area (Å²) in [6, 6.07) is 8.13. The van der Waals surface area contributed by atoms with E-state index in [0.29, 0.717) is 5.95 Å². The molecule has 0 saturated carbocycles. The second-order valence-electron chi connectivity index (χ2n) is 7.63. The number of nitrogens with zero attached hydrogens (tertiary/aromatic N) is 3. The summed E-state index contributed by atoms with van der Waals surface area (Å²) in [6.07, 6.45) is 0.915. The molecule has 1 aliphatic heterocycles. The van der Waals surface area contributed by atoms with Gasteiger partial charge in [0.25, 0.3) is 0 Å². The summed E-state index contributed by atoms with van der Waals surface area (Å²) in [5.41, 5.74) is 3.58. The molecule has 0 spiro atoms. The number of aryl methyl sites for hydroxylation is 1. The van der Waals surface area contributed by atoms with Crippen LogP contribution in [-0.2, 0) is 18.6 Å². The molecule has 0 fully saturated rings. The minimum atomic E-state index is -0.820. The SMILES string of the molecule is Cc1cc(N2CCc3cc(C(C)(C)O)ccc3C2)nc(N[C@H](C)CO)n1. The van der Waals surface area contributed by atoms with E-state index in [9.17, 15) is 10.2 Å². The van der Waals surface area contributed by atoms with Crippen molar-refractivity contribution in [2.45, 2.75) is 52.3 Å². The second-order valence-corrected chi connectivity index (χ2v) is 7.63. The van der Waals surface area contributed by atoms with E-state index >= 15 is 0 Å². The van der Waals surface area contributed by atoms with Gasteiger partial charge in [-0.3, -0.25) is 0 Å². The first-order chi connectivity index (χ1) is 12.3. The van der Waals surface area contributed by atoms with E-state index in [2.05, 4.69) is 32.3 Å². The van der Waals surface area contributed by atoms with Crippen molar-refractivity contribution >= 4 is 11.8 Å². The number of aromatic nitrogens is 2. The van der Waals surface area contributed by atoms with E-state index in [0.717, 1.165) is 36.6 Å². The van der Waals surface area contributed by atoms with Crippen LogP contribution < -0.4 is 10.2 Å². The predicted molar refractivity (Wildman–Crippen MR) is 103 cm³/mol. The number of hydrogen-bond donors (Lipinski definition) is 3. The Hall–Kier alpha value is -2.18. The maximum atomic E-state index is 10.2. The first-order valence-corrected chi connectivity index (χ1v) is 9.09. The predicted octanol–water partition coefficient (Wildman–Crippen LogP) is 2.37. The smallest absolute Gasteiger partial charge is 0.225 e. The molecule has 26 heavy (non-hydrogen) atoms. The van der Waals surface area contributed by atoms with Gasteiger partial charge in [-0.1, -0.05) is 18.2 Å². The number of fused-ring (bicyclic) bond motifs is 1. The lowest BCUT2D eigenvalue weighted by Gasteiger charge is -2.31. The zero-order valence-electron chi connectivity index (χ0n) is 16.0. The molecular weight excluding hydrogens is 328 g/mol. The molecule has 0 saturated heterocycles. The number of hydrogen-bond acceptors (Lipinski definition) is 6. The maximum absolute atomic E-state index is 10.2. The Morgan fingerprint density at radius 1 is 1.23 bits per heavy atom. The molecule has 0 aliphatic carbocycles. The fraction of sp³-hybridized carbons (Fsp3) is 0.500. The molecule has 2 aromatic rings. The Labute approximate surface area is 154 Å². The van der Waals surface area contributed by atoms with Crippen molar-refractivity contribution < 1.29 is 10.2 Å². The van der Waals surface area contributed by atoms with Crippen molar-refractivity contribution in [3.63, 3.8) is 0 Å². The Morgan fingerprint density at radius 3 is 2.69 bits per heavy atom. The summed E-state index contributed by atoms with van der Waals surface area (Å²) in [5, 5.41) is 22.6. The third-order valence-corrected chi connectivity index (χ3v) is 4.74. The number of rotatable bonds is 5. The number of benzene rings is 1. The van der Waals surface area contributed by atoms with Crippen molar-refractivity contribution in [2.24, 2.45) is 0 Å². The lowest BCUT2D eigenvalue weighted by Crippen LogP contribution is -2.32. The summed E-state index contributed by atoms with van der Waals surface area (Å²) in [4.78, 5) is 11.3. The highest BCUT2D eigenvalue weighted by Gasteiger charge is 2.22. The van der Waals surface area contributed by atoms with Gasteiger partial charge in [0.2, 0.25) is 5.95 Å². The third kappa shape index (κ3) is 4.14. The molecule has 6 nitrogen and oxygen atoms in total. The fourth-order valence-electron chi connectivity index (χ4n) is 3.17. The van der Waals surface area contributed by atoms with E-state index in [1.165, 1.54) is 11.1 Å². The summed E-state index contributed by atoms with van der Waals surface area (Å²) >= 11 is 0. The van der Waals surface area contributed by atoms with E-state index < -0.39 is 5.60 Å². The van der Waals surface area contributed by atoms with Crippen LogP contribution in [0.25, 0.3) is 0 Å². The molecule has 6 heteroatoms. The van der Waals surface area contributed by atoms with Crippen LogP contribution in [0.1, 0.15) is 43.2 Å². The van der Waals surface area contributed by atoms with Gasteiger partial charge in [-0.25, -0.2) is 4.98 Å². The number of nitrogens with one attached hydrogen (secondary N) is 1. The molecule has 1 atom stereocenters. The summed E-state index contributed by atoms with van der Waals surface area (Å²) in [6.45, 7) is 9.16. The number of anilines is 2. The van der Waals surface area contributed by atoms with Gasteiger partial charge in [-0.05, 0) is 50.8 Å². The van der Waals surface area contributed by atoms with Gasteiger partial charge in [-0.2, -0.15) is 4.98 Å². The van der Waals surface area contributed by atoms with Gasteiger partial charge in [0.1, 0.15) is 5.82 Å². The minimum absolute atomic E-state index is 0.0350. The largest absolute Gasteiger partial charge is 0.394 e. The third-order valence-electron chi connectivity index (χ3n) is 4.74. The first-order valence-electron chi connectivity index (χ1n) is 9.09. The quantitative estimate of drug-likeness (QED) is 0.763. The van der Waals surface area contributed by atoms with Crippen LogP contribution in [-0.4, -0.2) is 39.4 Å². The van der Waals surface area contributed by atoms with Crippen molar-refractivity contribution in [3.05, 3.63) is 46.6 Å². The normalized spacial score (nSPS) is 15.5. The first kappa shape index (κ1) is 18.6. The minimum Gasteiger partial charge on any atom is -0.394 e. The fourth-order valence-corrected chi connectivity index (χ4v) is 3.17. The van der Waals surface area contributed by atoms with E-state index in [1.54, 1.807) is 0 Å². The molecule has 1 aromatic heterocycles. The average Bonchev–Trinajstić information content (AvgIpc) is 2.59. The van der Waals surface area contributed by atoms with Crippen LogP contribution in [0, 0.1) is 6.92 Å². The van der Waals surface area contributed by atoms with Crippen LogP contribution in [0.15, 0.2) is 24.3 Å². The molecule has 3 N–H and O–H groups in total. The molecule has 1 aliphatic rings. The Balaban J connectivity index is 1.82. The van der Waals surface area contributed by atoms with Gasteiger partial charge >= 0.3 is 0 Å². The Kier molecular flexibility index (Phi) is 5.16. The zero-order valence-corrected chi connectivity index (χ0v) is 16.0. The lowest BCUT2D eigenvalue weighted by molar-refractivity contribution is 0.0785. The molecule has 0 radical (unpaired) electrons. The molecule has 0 unspecified atom stereocenters. The van der Waals surface area contributed by atoms with Crippen molar-refractivity contribution in [2.75, 3.05) is 23.4 Å². The maximum Gasteiger partial charge on any atom is 0.225 e. The highest BCUT2D eigenvalue weighted by Crippen LogP contribution is 2.28. The lowest BCUT2D eigenvalue weighted by atomic mass is 9.91. The molecular formula is C20H28N4O2. The van der Waals surface area contributed by atoms with E-state index in [1.807, 2.05) is 39.8 Å². The van der Waals surface area contributed by atoms with Crippen LogP contribution in [0.3, 0.4) is 0 Å². The average molecular weight is 356 g/mol. The van der Waals surface area contributed by atoms with Crippen LogP contribution in [0.4, 0.5) is 11.8 Å². The highest BCUT2D eigenvalue weighted by molar-refractivity contribution is 5.49. The monoisotopic (exact) mass is 356 g/mol. The number of aliphatic hydroxyl groups excluding tert-OH is 1. The van der Waals surface area contributed by atoms with Crippen LogP contribution >= 0.6 is 0 Å². The molecule has 140 valence electrons. The highest BCUT2D eigenvalue weighted by atomic mass is 16.3. The van der Waals surface area contributed by atoms with E-state index in [-0.39, 0.29) is 12.6 Å². The van der Waals surface area contributed by atoms with Gasteiger partial charge in [0, 0.05) is 30.9 Å². The van der Waals surface area contributed by atoms with Gasteiger partial charge in [0.15, 0.2) is 0 Å². The van der Waals surface area contributed by atoms with Gasteiger partial charge < -0.3 is 20.4 Å². The molecule has 0 amide bonds. The molecule has 1 aromatic carbocycles. The summed E-state index contributed by atoms with van der Waals surface area (Å²) in [5.74, 6) is 1.44. The standard InChI is InChI=1S/C20H28N4O2/c1-13-9-18(23-19(21-13)22-14(2)12-25)24-8-7-15-10-17(20(3,4)26)6-5-16(15)11-24/h5-6,9-10,14,25-26H,7-8,11-12H2,1-4H3,(H,21,22,23)/t14-/m1/s1. The van der Waals surface area contributed by atoms with Crippen molar-refractivity contribution in [1.82, 2.24) is 9.97 Å². The molecule has 3 rings (SSSR count).